The highest BCUT2D eigenvalue weighted by Gasteiger charge is 2.47. The number of benzene rings is 1. The summed E-state index contributed by atoms with van der Waals surface area (Å²) in [7, 11) is 0. The van der Waals surface area contributed by atoms with E-state index in [0.717, 1.165) is 16.3 Å². The van der Waals surface area contributed by atoms with Crippen LogP contribution in [-0.2, 0) is 13.0 Å². The molecule has 0 saturated heterocycles. The number of aliphatic imine (C=N–C) groups is 1. The highest BCUT2D eigenvalue weighted by atomic mass is 16.6. The minimum Gasteiger partial charge on any atom is -0.391 e. The van der Waals surface area contributed by atoms with Gasteiger partial charge in [0.05, 0.1) is 12.3 Å². The fourth-order valence-electron chi connectivity index (χ4n) is 2.87. The molecule has 0 saturated carbocycles. The molecule has 0 bridgehead atoms. The van der Waals surface area contributed by atoms with Crippen molar-refractivity contribution in [1.82, 2.24) is 9.55 Å². The monoisotopic (exact) mass is 375 g/mol. The van der Waals surface area contributed by atoms with Crippen molar-refractivity contribution in [2.24, 2.45) is 4.99 Å². The number of hydrogen-bond acceptors (Lipinski definition) is 9. The lowest BCUT2D eigenvalue weighted by molar-refractivity contribution is -0.112. The lowest BCUT2D eigenvalue weighted by Gasteiger charge is -2.39. The van der Waals surface area contributed by atoms with Gasteiger partial charge in [0.15, 0.2) is 11.5 Å². The molecular weight excluding hydrogens is 354 g/mol. The minimum atomic E-state index is -2.49. The predicted molar refractivity (Wildman–Crippen MR) is 98.1 cm³/mol. The number of hydroxylamine groups is 1. The Morgan fingerprint density at radius 2 is 1.93 bits per heavy atom. The van der Waals surface area contributed by atoms with Crippen LogP contribution in [0.1, 0.15) is 12.5 Å². The van der Waals surface area contributed by atoms with Gasteiger partial charge in [0.2, 0.25) is 11.7 Å². The molecular formula is C17H21N5O5. The van der Waals surface area contributed by atoms with Crippen molar-refractivity contribution in [3.63, 3.8) is 0 Å². The van der Waals surface area contributed by atoms with Crippen LogP contribution in [0.4, 0.5) is 17.5 Å². The molecule has 2 aromatic rings. The summed E-state index contributed by atoms with van der Waals surface area (Å²) < 4.78 is 1.14. The first-order valence-corrected chi connectivity index (χ1v) is 8.32. The molecule has 10 heteroatoms. The Kier molecular flexibility index (Phi) is 4.98. The van der Waals surface area contributed by atoms with Gasteiger partial charge in [0.1, 0.15) is 6.10 Å². The minimum absolute atomic E-state index is 0.0956. The number of rotatable bonds is 5. The number of nitrogen functional groups attached to an aromatic ring is 1. The number of aromatic nitrogens is 2. The van der Waals surface area contributed by atoms with Gasteiger partial charge in [-0.05, 0) is 18.9 Å². The maximum absolute atomic E-state index is 12.9. The van der Waals surface area contributed by atoms with Gasteiger partial charge in [-0.25, -0.2) is 10.1 Å². The smallest absolute Gasteiger partial charge is 0.283 e. The predicted octanol–water partition coefficient (Wildman–Crippen LogP) is -0.590. The van der Waals surface area contributed by atoms with Crippen LogP contribution in [0.2, 0.25) is 0 Å². The van der Waals surface area contributed by atoms with Crippen LogP contribution in [0.3, 0.4) is 0 Å². The summed E-state index contributed by atoms with van der Waals surface area (Å²) in [5.41, 5.74) is 3.16. The highest BCUT2D eigenvalue weighted by molar-refractivity contribution is 5.84. The Hall–Kier alpha value is -2.79. The van der Waals surface area contributed by atoms with Crippen LogP contribution in [0, 0.1) is 0 Å². The second-order valence-corrected chi connectivity index (χ2v) is 6.37. The Morgan fingerprint density at radius 3 is 2.56 bits per heavy atom. The van der Waals surface area contributed by atoms with Gasteiger partial charge >= 0.3 is 0 Å². The quantitative estimate of drug-likeness (QED) is 0.464. The molecule has 1 aromatic carbocycles. The maximum Gasteiger partial charge on any atom is 0.283 e. The summed E-state index contributed by atoms with van der Waals surface area (Å²) >= 11 is 0. The van der Waals surface area contributed by atoms with Crippen molar-refractivity contribution in [2.75, 3.05) is 10.8 Å². The van der Waals surface area contributed by atoms with E-state index in [1.807, 2.05) is 30.3 Å². The van der Waals surface area contributed by atoms with Crippen molar-refractivity contribution < 1.29 is 20.5 Å². The van der Waals surface area contributed by atoms with Gasteiger partial charge in [-0.1, -0.05) is 30.3 Å². The van der Waals surface area contributed by atoms with Crippen LogP contribution >= 0.6 is 0 Å². The number of aryl methyl sites for hydroxylation is 1. The zero-order chi connectivity index (χ0) is 19.8. The molecule has 144 valence electrons. The van der Waals surface area contributed by atoms with E-state index >= 15 is 0 Å². The lowest BCUT2D eigenvalue weighted by atomic mass is 10.0. The molecule has 1 aliphatic heterocycles. The van der Waals surface area contributed by atoms with Gasteiger partial charge < -0.3 is 21.1 Å². The fourth-order valence-corrected chi connectivity index (χ4v) is 2.87. The highest BCUT2D eigenvalue weighted by Crippen LogP contribution is 2.33. The molecule has 0 aliphatic carbocycles. The molecule has 0 fully saturated rings. The second kappa shape index (κ2) is 7.08. The van der Waals surface area contributed by atoms with Crippen molar-refractivity contribution >= 4 is 23.7 Å². The van der Waals surface area contributed by atoms with Gasteiger partial charge in [-0.2, -0.15) is 4.98 Å². The van der Waals surface area contributed by atoms with Gasteiger partial charge in [0, 0.05) is 6.54 Å². The molecule has 3 rings (SSSR count). The first kappa shape index (κ1) is 19.0. The third kappa shape index (κ3) is 3.30. The zero-order valence-electron chi connectivity index (χ0n) is 14.6. The van der Waals surface area contributed by atoms with E-state index in [0.29, 0.717) is 6.42 Å². The number of nitrogens with two attached hydrogens (primary N) is 1. The topological polar surface area (TPSA) is 157 Å². The fraction of sp³-hybridized carbons (Fsp3) is 0.353. The Balaban J connectivity index is 1.99. The number of anilines is 2. The molecule has 6 N–H and O–H groups in total. The molecule has 3 atom stereocenters. The third-order valence-corrected chi connectivity index (χ3v) is 4.44. The van der Waals surface area contributed by atoms with E-state index < -0.39 is 29.2 Å². The van der Waals surface area contributed by atoms with Crippen molar-refractivity contribution in [2.45, 2.75) is 37.8 Å². The molecule has 3 unspecified atom stereocenters. The molecule has 0 amide bonds. The summed E-state index contributed by atoms with van der Waals surface area (Å²) in [6, 6.07) is 9.41. The molecule has 1 aliphatic rings. The molecule has 0 radical (unpaired) electrons. The number of hydrogen-bond donors (Lipinski definition) is 5. The average molecular weight is 375 g/mol. The van der Waals surface area contributed by atoms with E-state index in [9.17, 15) is 25.3 Å². The third-order valence-electron chi connectivity index (χ3n) is 4.44. The molecule has 0 spiro atoms. The summed E-state index contributed by atoms with van der Waals surface area (Å²) in [5, 5.41) is 40.7. The Morgan fingerprint density at radius 1 is 1.26 bits per heavy atom. The van der Waals surface area contributed by atoms with Gasteiger partial charge in [-0.3, -0.25) is 14.6 Å². The second-order valence-electron chi connectivity index (χ2n) is 6.37. The van der Waals surface area contributed by atoms with E-state index in [1.165, 1.54) is 6.92 Å². The number of fused-ring (bicyclic) bond motifs is 1. The zero-order valence-corrected chi connectivity index (χ0v) is 14.6. The summed E-state index contributed by atoms with van der Waals surface area (Å²) in [5.74, 6) is -0.292. The average Bonchev–Trinajstić information content (AvgIpc) is 2.64. The first-order valence-electron chi connectivity index (χ1n) is 8.32. The summed E-state index contributed by atoms with van der Waals surface area (Å²) in [4.78, 5) is 20.7. The summed E-state index contributed by atoms with van der Waals surface area (Å²) in [6.07, 6.45) is -1.94. The van der Waals surface area contributed by atoms with Gasteiger partial charge in [0.25, 0.3) is 5.56 Å². The Bertz CT molecular complexity index is 914. The maximum atomic E-state index is 12.9. The lowest BCUT2D eigenvalue weighted by Crippen LogP contribution is -2.62. The standard InChI is InChI=1S/C17H21N5O5/c1-10(23)13(24)17(26)9-19-14-12(22(17)27)15(25)21(16(18)20-14)8-7-11-5-3-2-4-6-11/h2-6,9-10,13,23-24,26-27H,7-8H2,1H3,(H2,18,20). The normalized spacial score (nSPS) is 21.0. The van der Waals surface area contributed by atoms with E-state index in [1.54, 1.807) is 0 Å². The van der Waals surface area contributed by atoms with Crippen LogP contribution in [0.25, 0.3) is 0 Å². The number of aliphatic hydroxyl groups excluding tert-OH is 2. The van der Waals surface area contributed by atoms with Crippen LogP contribution in [0.5, 0.6) is 0 Å². The van der Waals surface area contributed by atoms with E-state index in [-0.39, 0.29) is 23.4 Å². The van der Waals surface area contributed by atoms with Crippen molar-refractivity contribution in [1.29, 1.82) is 0 Å². The Labute approximate surface area is 154 Å². The number of aliphatic hydroxyl groups is 3. The van der Waals surface area contributed by atoms with Gasteiger partial charge in [-0.15, -0.1) is 0 Å². The molecule has 10 nitrogen and oxygen atoms in total. The first-order chi connectivity index (χ1) is 12.8. The largest absolute Gasteiger partial charge is 0.391 e. The van der Waals surface area contributed by atoms with Crippen LogP contribution < -0.4 is 16.4 Å². The van der Waals surface area contributed by atoms with Crippen LogP contribution in [0.15, 0.2) is 40.1 Å². The van der Waals surface area contributed by atoms with Crippen molar-refractivity contribution in [3.05, 3.63) is 46.2 Å². The SMILES string of the molecule is CC(O)C(O)C1(O)C=Nc2nc(N)n(CCc3ccccc3)c(=O)c2N1O. The van der Waals surface area contributed by atoms with E-state index in [4.69, 9.17) is 5.73 Å². The van der Waals surface area contributed by atoms with Crippen LogP contribution in [-0.4, -0.2) is 54.2 Å². The van der Waals surface area contributed by atoms with E-state index in [2.05, 4.69) is 9.98 Å². The number of nitrogens with zero attached hydrogens (tertiary/aromatic N) is 4. The molecule has 2 heterocycles. The molecule has 27 heavy (non-hydrogen) atoms. The summed E-state index contributed by atoms with van der Waals surface area (Å²) in [6.45, 7) is 1.41. The molecule has 1 aromatic heterocycles. The van der Waals surface area contributed by atoms with Crippen molar-refractivity contribution in [3.8, 4) is 0 Å².